The van der Waals surface area contributed by atoms with Gasteiger partial charge in [-0.15, -0.1) is 0 Å². The Bertz CT molecular complexity index is 1300. The molecule has 0 aromatic heterocycles. The zero-order chi connectivity index (χ0) is 25.4. The number of ether oxygens (including phenoxy) is 1. The lowest BCUT2D eigenvalue weighted by atomic mass is 9.92. The van der Waals surface area contributed by atoms with Crippen LogP contribution in [0.25, 0.3) is 0 Å². The van der Waals surface area contributed by atoms with Gasteiger partial charge in [-0.05, 0) is 74.2 Å². The number of carboxylic acid groups (broad SMARTS) is 1. The average Bonchev–Trinajstić information content (AvgIpc) is 3.36. The maximum atomic E-state index is 13.7. The zero-order valence-electron chi connectivity index (χ0n) is 21.0. The molecule has 2 aliphatic heterocycles. The third kappa shape index (κ3) is 4.21. The minimum absolute atomic E-state index is 0.00642. The van der Waals surface area contributed by atoms with Crippen LogP contribution >= 0.6 is 0 Å². The molecule has 2 aliphatic rings. The van der Waals surface area contributed by atoms with Crippen LogP contribution in [0.1, 0.15) is 53.2 Å². The highest BCUT2D eigenvalue weighted by molar-refractivity contribution is 6.09. The van der Waals surface area contributed by atoms with Crippen LogP contribution in [0.4, 0.5) is 11.4 Å². The quantitative estimate of drug-likeness (QED) is 0.484. The molecule has 186 valence electrons. The molecule has 3 aromatic carbocycles. The Morgan fingerprint density at radius 3 is 2.47 bits per heavy atom. The lowest BCUT2D eigenvalue weighted by Gasteiger charge is -2.27. The molecule has 6 heteroatoms. The van der Waals surface area contributed by atoms with Gasteiger partial charge in [-0.2, -0.15) is 0 Å². The summed E-state index contributed by atoms with van der Waals surface area (Å²) < 4.78 is 6.20. The Morgan fingerprint density at radius 2 is 1.75 bits per heavy atom. The van der Waals surface area contributed by atoms with E-state index in [-0.39, 0.29) is 30.3 Å². The largest absolute Gasteiger partial charge is 0.491 e. The minimum atomic E-state index is -0.861. The van der Waals surface area contributed by atoms with E-state index in [1.54, 1.807) is 4.90 Å². The van der Waals surface area contributed by atoms with Crippen molar-refractivity contribution in [3.05, 3.63) is 89.0 Å². The van der Waals surface area contributed by atoms with Gasteiger partial charge < -0.3 is 19.6 Å². The molecule has 6 nitrogen and oxygen atoms in total. The van der Waals surface area contributed by atoms with E-state index in [2.05, 4.69) is 36.1 Å². The molecule has 0 radical (unpaired) electrons. The van der Waals surface area contributed by atoms with Crippen LogP contribution in [0.3, 0.4) is 0 Å². The van der Waals surface area contributed by atoms with Crippen molar-refractivity contribution in [2.24, 2.45) is 0 Å². The van der Waals surface area contributed by atoms with Crippen LogP contribution in [-0.2, 0) is 11.2 Å². The number of rotatable bonds is 7. The van der Waals surface area contributed by atoms with Crippen molar-refractivity contribution in [1.82, 2.24) is 0 Å². The fourth-order valence-electron chi connectivity index (χ4n) is 5.83. The van der Waals surface area contributed by atoms with Gasteiger partial charge >= 0.3 is 5.97 Å². The highest BCUT2D eigenvalue weighted by Crippen LogP contribution is 2.43. The second-order valence-corrected chi connectivity index (χ2v) is 9.74. The molecular weight excluding hydrogens is 452 g/mol. The number of fused-ring (bicyclic) bond motifs is 2. The normalized spacial score (nSPS) is 20.2. The summed E-state index contributed by atoms with van der Waals surface area (Å²) in [7, 11) is 0. The molecule has 2 heterocycles. The van der Waals surface area contributed by atoms with E-state index < -0.39 is 5.97 Å². The molecule has 3 atom stereocenters. The van der Waals surface area contributed by atoms with Crippen LogP contribution < -0.4 is 14.5 Å². The maximum absolute atomic E-state index is 13.7. The molecule has 0 saturated heterocycles. The van der Waals surface area contributed by atoms with Gasteiger partial charge in [0.2, 0.25) is 0 Å². The van der Waals surface area contributed by atoms with Crippen LogP contribution in [0, 0.1) is 6.92 Å². The van der Waals surface area contributed by atoms with Crippen molar-refractivity contribution < 1.29 is 19.4 Å². The molecule has 1 amide bonds. The first-order valence-corrected chi connectivity index (χ1v) is 12.6. The van der Waals surface area contributed by atoms with Crippen molar-refractivity contribution >= 4 is 23.3 Å². The van der Waals surface area contributed by atoms with E-state index in [0.717, 1.165) is 35.5 Å². The van der Waals surface area contributed by atoms with Gasteiger partial charge in [-0.25, -0.2) is 0 Å². The second-order valence-electron chi connectivity index (χ2n) is 9.74. The average molecular weight is 485 g/mol. The molecule has 0 bridgehead atoms. The fraction of sp³-hybridized carbons (Fsp3) is 0.333. The number of carbonyl (C=O) groups excluding carboxylic acids is 1. The lowest BCUT2D eigenvalue weighted by Crippen LogP contribution is -2.38. The highest BCUT2D eigenvalue weighted by Gasteiger charge is 2.40. The molecule has 3 unspecified atom stereocenters. The Labute approximate surface area is 212 Å². The van der Waals surface area contributed by atoms with E-state index >= 15 is 0 Å². The highest BCUT2D eigenvalue weighted by atomic mass is 16.5. The SMILES string of the molecule is CCN1c2ccccc2CC1COc1ccc(C(=O)N2c3ccccc3C(CC(=O)O)C2C)c(C)c1. The Morgan fingerprint density at radius 1 is 1.03 bits per heavy atom. The monoisotopic (exact) mass is 484 g/mol. The summed E-state index contributed by atoms with van der Waals surface area (Å²) >= 11 is 0. The van der Waals surface area contributed by atoms with E-state index in [4.69, 9.17) is 4.74 Å². The predicted octanol–water partition coefficient (Wildman–Crippen LogP) is 5.43. The van der Waals surface area contributed by atoms with Gasteiger partial charge in [0.05, 0.1) is 12.5 Å². The molecule has 0 aliphatic carbocycles. The second kappa shape index (κ2) is 9.69. The molecule has 5 rings (SSSR count). The number of aliphatic carboxylic acids is 1. The van der Waals surface area contributed by atoms with E-state index in [9.17, 15) is 14.7 Å². The van der Waals surface area contributed by atoms with Crippen LogP contribution in [0.15, 0.2) is 66.7 Å². The predicted molar refractivity (Wildman–Crippen MR) is 141 cm³/mol. The van der Waals surface area contributed by atoms with Crippen molar-refractivity contribution in [3.8, 4) is 5.75 Å². The first-order chi connectivity index (χ1) is 17.4. The van der Waals surface area contributed by atoms with Crippen molar-refractivity contribution in [1.29, 1.82) is 0 Å². The Balaban J connectivity index is 1.32. The topological polar surface area (TPSA) is 70.1 Å². The molecule has 0 saturated carbocycles. The van der Waals surface area contributed by atoms with E-state index in [1.807, 2.05) is 56.3 Å². The number of para-hydroxylation sites is 2. The van der Waals surface area contributed by atoms with E-state index in [0.29, 0.717) is 12.2 Å². The summed E-state index contributed by atoms with van der Waals surface area (Å²) in [5, 5.41) is 9.43. The van der Waals surface area contributed by atoms with Gasteiger partial charge in [-0.1, -0.05) is 36.4 Å². The van der Waals surface area contributed by atoms with Gasteiger partial charge in [0.15, 0.2) is 0 Å². The van der Waals surface area contributed by atoms with E-state index in [1.165, 1.54) is 11.3 Å². The zero-order valence-corrected chi connectivity index (χ0v) is 21.0. The number of carbonyl (C=O) groups is 2. The number of likely N-dealkylation sites (N-methyl/N-ethyl adjacent to an activating group) is 1. The van der Waals surface area contributed by atoms with Crippen molar-refractivity contribution in [2.75, 3.05) is 23.0 Å². The summed E-state index contributed by atoms with van der Waals surface area (Å²) in [5.74, 6) is -0.465. The first kappa shape index (κ1) is 23.9. The number of hydrogen-bond donors (Lipinski definition) is 1. The van der Waals surface area contributed by atoms with Gasteiger partial charge in [-0.3, -0.25) is 9.59 Å². The third-order valence-corrected chi connectivity index (χ3v) is 7.61. The molecule has 0 fully saturated rings. The number of carboxylic acids is 1. The number of hydrogen-bond acceptors (Lipinski definition) is 4. The van der Waals surface area contributed by atoms with Crippen LogP contribution in [-0.4, -0.2) is 42.2 Å². The van der Waals surface area contributed by atoms with Gasteiger partial charge in [0, 0.05) is 35.4 Å². The molecule has 1 N–H and O–H groups in total. The molecular formula is C30H32N2O4. The lowest BCUT2D eigenvalue weighted by molar-refractivity contribution is -0.137. The van der Waals surface area contributed by atoms with Crippen molar-refractivity contribution in [3.63, 3.8) is 0 Å². The third-order valence-electron chi connectivity index (χ3n) is 7.61. The number of aryl methyl sites for hydroxylation is 1. The molecule has 0 spiro atoms. The summed E-state index contributed by atoms with van der Waals surface area (Å²) in [5.41, 5.74) is 5.78. The van der Waals surface area contributed by atoms with Crippen LogP contribution in [0.2, 0.25) is 0 Å². The number of amides is 1. The number of benzene rings is 3. The number of nitrogens with zero attached hydrogens (tertiary/aromatic N) is 2. The summed E-state index contributed by atoms with van der Waals surface area (Å²) in [6.45, 7) is 7.51. The van der Waals surface area contributed by atoms with Crippen molar-refractivity contribution in [2.45, 2.75) is 51.6 Å². The van der Waals surface area contributed by atoms with Crippen LogP contribution in [0.5, 0.6) is 5.75 Å². The van der Waals surface area contributed by atoms with Gasteiger partial charge in [0.1, 0.15) is 12.4 Å². The Hall–Kier alpha value is -3.80. The minimum Gasteiger partial charge on any atom is -0.491 e. The Kier molecular flexibility index (Phi) is 6.44. The maximum Gasteiger partial charge on any atom is 0.304 e. The summed E-state index contributed by atoms with van der Waals surface area (Å²) in [6.07, 6.45) is 0.955. The smallest absolute Gasteiger partial charge is 0.304 e. The molecule has 36 heavy (non-hydrogen) atoms. The molecule has 3 aromatic rings. The number of anilines is 2. The standard InChI is InChI=1S/C30H32N2O4/c1-4-31-22(16-21-9-5-7-11-27(21)31)18-36-23-13-14-24(19(2)15-23)30(35)32-20(3)26(17-29(33)34)25-10-6-8-12-28(25)32/h5-15,20,22,26H,4,16-18H2,1-3H3,(H,33,34). The summed E-state index contributed by atoms with van der Waals surface area (Å²) in [4.78, 5) is 29.3. The van der Waals surface area contributed by atoms with Gasteiger partial charge in [0.25, 0.3) is 5.91 Å². The fourth-order valence-corrected chi connectivity index (χ4v) is 5.83. The first-order valence-electron chi connectivity index (χ1n) is 12.6. The summed E-state index contributed by atoms with van der Waals surface area (Å²) in [6, 6.07) is 21.8.